The Labute approximate surface area is 122 Å². The van der Waals surface area contributed by atoms with Crippen LogP contribution in [0.1, 0.15) is 21.7 Å². The standard InChI is InChI=1S/C13H15N3O4S/c1-8-12(9(2)15-14-8)16-21(18,19)11-6-4-5-10(7-11)13(17)20-3/h4-7,16H,1-3H3,(H,14,15). The molecule has 0 bridgehead atoms. The first-order valence-electron chi connectivity index (χ1n) is 6.08. The molecular weight excluding hydrogens is 294 g/mol. The summed E-state index contributed by atoms with van der Waals surface area (Å²) in [5.74, 6) is -0.595. The Hall–Kier alpha value is -2.35. The lowest BCUT2D eigenvalue weighted by Gasteiger charge is -2.09. The van der Waals surface area contributed by atoms with Gasteiger partial charge in [0, 0.05) is 0 Å². The Balaban J connectivity index is 2.38. The van der Waals surface area contributed by atoms with Gasteiger partial charge in [-0.05, 0) is 32.0 Å². The molecule has 2 N–H and O–H groups in total. The first-order chi connectivity index (χ1) is 9.85. The number of benzene rings is 1. The molecule has 2 rings (SSSR count). The minimum absolute atomic E-state index is 0.0228. The van der Waals surface area contributed by atoms with Crippen molar-refractivity contribution in [3.63, 3.8) is 0 Å². The minimum atomic E-state index is -3.81. The molecule has 0 aliphatic rings. The molecule has 0 atom stereocenters. The number of methoxy groups -OCH3 is 1. The Morgan fingerprint density at radius 1 is 1.33 bits per heavy atom. The van der Waals surface area contributed by atoms with Gasteiger partial charge in [0.2, 0.25) is 0 Å². The van der Waals surface area contributed by atoms with Gasteiger partial charge in [-0.2, -0.15) is 5.10 Å². The number of carbonyl (C=O) groups is 1. The Morgan fingerprint density at radius 3 is 2.62 bits per heavy atom. The van der Waals surface area contributed by atoms with E-state index in [2.05, 4.69) is 19.7 Å². The molecule has 0 amide bonds. The summed E-state index contributed by atoms with van der Waals surface area (Å²) in [7, 11) is -2.57. The van der Waals surface area contributed by atoms with Crippen LogP contribution in [0, 0.1) is 13.8 Å². The van der Waals surface area contributed by atoms with Crippen LogP contribution in [0.3, 0.4) is 0 Å². The summed E-state index contributed by atoms with van der Waals surface area (Å²) in [5.41, 5.74) is 1.72. The SMILES string of the molecule is COC(=O)c1cccc(S(=O)(=O)Nc2c(C)n[nH]c2C)c1. The third-order valence-electron chi connectivity index (χ3n) is 2.93. The van der Waals surface area contributed by atoms with Crippen molar-refractivity contribution in [2.24, 2.45) is 0 Å². The lowest BCUT2D eigenvalue weighted by molar-refractivity contribution is 0.0600. The smallest absolute Gasteiger partial charge is 0.337 e. The highest BCUT2D eigenvalue weighted by molar-refractivity contribution is 7.92. The molecule has 0 unspecified atom stereocenters. The van der Waals surface area contributed by atoms with E-state index in [1.807, 2.05) is 0 Å². The van der Waals surface area contributed by atoms with Gasteiger partial charge in [-0.15, -0.1) is 0 Å². The maximum Gasteiger partial charge on any atom is 0.337 e. The molecule has 0 saturated carbocycles. The molecule has 0 saturated heterocycles. The number of aromatic amines is 1. The number of H-pyrrole nitrogens is 1. The molecule has 0 spiro atoms. The highest BCUT2D eigenvalue weighted by atomic mass is 32.2. The van der Waals surface area contributed by atoms with Crippen LogP contribution in [-0.4, -0.2) is 31.7 Å². The minimum Gasteiger partial charge on any atom is -0.465 e. The molecule has 0 fully saturated rings. The number of ether oxygens (including phenoxy) is 1. The van der Waals surface area contributed by atoms with Crippen LogP contribution in [0.2, 0.25) is 0 Å². The average molecular weight is 309 g/mol. The van der Waals surface area contributed by atoms with E-state index < -0.39 is 16.0 Å². The van der Waals surface area contributed by atoms with Crippen molar-refractivity contribution in [3.8, 4) is 0 Å². The van der Waals surface area contributed by atoms with E-state index in [9.17, 15) is 13.2 Å². The van der Waals surface area contributed by atoms with Gasteiger partial charge >= 0.3 is 5.97 Å². The molecule has 21 heavy (non-hydrogen) atoms. The number of hydrogen-bond acceptors (Lipinski definition) is 5. The number of aromatic nitrogens is 2. The van der Waals surface area contributed by atoms with E-state index in [1.165, 1.54) is 31.4 Å². The van der Waals surface area contributed by atoms with E-state index in [4.69, 9.17) is 0 Å². The zero-order valence-corrected chi connectivity index (χ0v) is 12.6. The third kappa shape index (κ3) is 3.05. The van der Waals surface area contributed by atoms with Gasteiger partial charge in [0.05, 0.1) is 34.6 Å². The highest BCUT2D eigenvalue weighted by Gasteiger charge is 2.19. The van der Waals surface area contributed by atoms with Crippen molar-refractivity contribution in [2.75, 3.05) is 11.8 Å². The van der Waals surface area contributed by atoms with E-state index in [-0.39, 0.29) is 10.5 Å². The Bertz CT molecular complexity index is 761. The lowest BCUT2D eigenvalue weighted by Crippen LogP contribution is -2.15. The van der Waals surface area contributed by atoms with E-state index in [0.29, 0.717) is 17.1 Å². The molecule has 7 nitrogen and oxygen atoms in total. The third-order valence-corrected chi connectivity index (χ3v) is 4.28. The predicted molar refractivity (Wildman–Crippen MR) is 76.7 cm³/mol. The number of nitrogens with one attached hydrogen (secondary N) is 2. The fourth-order valence-corrected chi connectivity index (χ4v) is 3.03. The second-order valence-electron chi connectivity index (χ2n) is 4.43. The summed E-state index contributed by atoms with van der Waals surface area (Å²) >= 11 is 0. The molecule has 1 heterocycles. The van der Waals surface area contributed by atoms with Crippen LogP contribution < -0.4 is 4.72 Å². The van der Waals surface area contributed by atoms with Gasteiger partial charge in [-0.1, -0.05) is 6.07 Å². The van der Waals surface area contributed by atoms with Gasteiger partial charge in [-0.3, -0.25) is 9.82 Å². The van der Waals surface area contributed by atoms with E-state index >= 15 is 0 Å². The molecular formula is C13H15N3O4S. The summed E-state index contributed by atoms with van der Waals surface area (Å²) < 4.78 is 31.8. The van der Waals surface area contributed by atoms with Gasteiger partial charge in [-0.25, -0.2) is 13.2 Å². The normalized spacial score (nSPS) is 11.2. The maximum absolute atomic E-state index is 12.4. The fraction of sp³-hybridized carbons (Fsp3) is 0.231. The van der Waals surface area contributed by atoms with Gasteiger partial charge in [0.25, 0.3) is 10.0 Å². The van der Waals surface area contributed by atoms with Crippen molar-refractivity contribution in [2.45, 2.75) is 18.7 Å². The largest absolute Gasteiger partial charge is 0.465 e. The molecule has 1 aromatic heterocycles. The van der Waals surface area contributed by atoms with Crippen LogP contribution in [0.4, 0.5) is 5.69 Å². The van der Waals surface area contributed by atoms with Crippen molar-refractivity contribution in [1.82, 2.24) is 10.2 Å². The van der Waals surface area contributed by atoms with Crippen LogP contribution >= 0.6 is 0 Å². The molecule has 1 aromatic carbocycles. The molecule has 112 valence electrons. The van der Waals surface area contributed by atoms with Crippen molar-refractivity contribution >= 4 is 21.7 Å². The molecule has 2 aromatic rings. The molecule has 0 aliphatic heterocycles. The fourth-order valence-electron chi connectivity index (χ4n) is 1.80. The number of nitrogens with zero attached hydrogens (tertiary/aromatic N) is 1. The summed E-state index contributed by atoms with van der Waals surface area (Å²) in [4.78, 5) is 11.4. The van der Waals surface area contributed by atoms with Gasteiger partial charge in [0.1, 0.15) is 0 Å². The number of aryl methyl sites for hydroxylation is 2. The maximum atomic E-state index is 12.4. The summed E-state index contributed by atoms with van der Waals surface area (Å²) in [6.45, 7) is 3.40. The molecule has 0 aliphatic carbocycles. The second-order valence-corrected chi connectivity index (χ2v) is 6.12. The number of sulfonamides is 1. The van der Waals surface area contributed by atoms with Crippen LogP contribution in [0.15, 0.2) is 29.2 Å². The van der Waals surface area contributed by atoms with E-state index in [0.717, 1.165) is 0 Å². The van der Waals surface area contributed by atoms with E-state index in [1.54, 1.807) is 13.8 Å². The van der Waals surface area contributed by atoms with Crippen LogP contribution in [0.5, 0.6) is 0 Å². The van der Waals surface area contributed by atoms with Crippen molar-refractivity contribution < 1.29 is 17.9 Å². The zero-order chi connectivity index (χ0) is 15.6. The highest BCUT2D eigenvalue weighted by Crippen LogP contribution is 2.21. The number of anilines is 1. The topological polar surface area (TPSA) is 101 Å². The van der Waals surface area contributed by atoms with Crippen molar-refractivity contribution in [1.29, 1.82) is 0 Å². The van der Waals surface area contributed by atoms with Crippen molar-refractivity contribution in [3.05, 3.63) is 41.2 Å². The van der Waals surface area contributed by atoms with Gasteiger partial charge in [0.15, 0.2) is 0 Å². The predicted octanol–water partition coefficient (Wildman–Crippen LogP) is 1.61. The first-order valence-corrected chi connectivity index (χ1v) is 7.56. The molecule has 0 radical (unpaired) electrons. The summed E-state index contributed by atoms with van der Waals surface area (Å²) in [5, 5.41) is 6.63. The zero-order valence-electron chi connectivity index (χ0n) is 11.8. The van der Waals surface area contributed by atoms with Gasteiger partial charge < -0.3 is 4.74 Å². The summed E-state index contributed by atoms with van der Waals surface area (Å²) in [6, 6.07) is 5.63. The monoisotopic (exact) mass is 309 g/mol. The first kappa shape index (κ1) is 15.0. The van der Waals surface area contributed by atoms with Crippen LogP contribution in [-0.2, 0) is 14.8 Å². The average Bonchev–Trinajstić information content (AvgIpc) is 2.78. The number of esters is 1. The Kier molecular flexibility index (Phi) is 3.99. The number of rotatable bonds is 4. The quantitative estimate of drug-likeness (QED) is 0.836. The Morgan fingerprint density at radius 2 is 2.05 bits per heavy atom. The lowest BCUT2D eigenvalue weighted by atomic mass is 10.2. The van der Waals surface area contributed by atoms with Crippen LogP contribution in [0.25, 0.3) is 0 Å². The summed E-state index contributed by atoms with van der Waals surface area (Å²) in [6.07, 6.45) is 0. The number of carbonyl (C=O) groups excluding carboxylic acids is 1. The molecule has 8 heteroatoms. The number of hydrogen-bond donors (Lipinski definition) is 2. The second kappa shape index (κ2) is 5.57.